The molecule has 0 saturated heterocycles. The van der Waals surface area contributed by atoms with Crippen LogP contribution in [-0.2, 0) is 4.79 Å². The number of halogens is 1. The predicted molar refractivity (Wildman–Crippen MR) is 150 cm³/mol. The first-order chi connectivity index (χ1) is 18.5. The van der Waals surface area contributed by atoms with E-state index >= 15 is 0 Å². The molecule has 0 aliphatic carbocycles. The van der Waals surface area contributed by atoms with E-state index in [2.05, 4.69) is 31.5 Å². The molecule has 0 fully saturated rings. The molecule has 38 heavy (non-hydrogen) atoms. The van der Waals surface area contributed by atoms with Gasteiger partial charge < -0.3 is 10.3 Å². The fourth-order valence-corrected chi connectivity index (χ4v) is 4.85. The third-order valence-corrected chi connectivity index (χ3v) is 6.60. The fraction of sp³-hybridized carbons (Fsp3) is 0.129. The van der Waals surface area contributed by atoms with Gasteiger partial charge in [0.1, 0.15) is 11.5 Å². The van der Waals surface area contributed by atoms with Crippen LogP contribution < -0.4 is 5.32 Å². The summed E-state index contributed by atoms with van der Waals surface area (Å²) in [7, 11) is 0. The van der Waals surface area contributed by atoms with Crippen molar-refractivity contribution in [3.8, 4) is 33.6 Å². The van der Waals surface area contributed by atoms with Crippen molar-refractivity contribution in [2.24, 2.45) is 5.92 Å². The number of aromatic nitrogens is 4. The molecular formula is C31H26FN5O. The Labute approximate surface area is 218 Å². The van der Waals surface area contributed by atoms with Gasteiger partial charge in [-0.25, -0.2) is 4.39 Å². The highest BCUT2D eigenvalue weighted by Crippen LogP contribution is 2.36. The van der Waals surface area contributed by atoms with Crippen molar-refractivity contribution in [2.45, 2.75) is 20.3 Å². The van der Waals surface area contributed by atoms with Gasteiger partial charge in [-0.05, 0) is 53.4 Å². The highest BCUT2D eigenvalue weighted by Gasteiger charge is 2.16. The molecule has 0 spiro atoms. The van der Waals surface area contributed by atoms with Gasteiger partial charge in [-0.2, -0.15) is 5.10 Å². The molecule has 0 aliphatic rings. The monoisotopic (exact) mass is 503 g/mol. The van der Waals surface area contributed by atoms with Crippen LogP contribution in [0.3, 0.4) is 0 Å². The summed E-state index contributed by atoms with van der Waals surface area (Å²) < 4.78 is 14.6. The largest absolute Gasteiger partial charge is 0.353 e. The van der Waals surface area contributed by atoms with Crippen LogP contribution in [0, 0.1) is 11.7 Å². The Bertz CT molecular complexity index is 1800. The number of amides is 1. The summed E-state index contributed by atoms with van der Waals surface area (Å²) in [6, 6.07) is 22.6. The number of rotatable bonds is 6. The highest BCUT2D eigenvalue weighted by atomic mass is 19.1. The van der Waals surface area contributed by atoms with E-state index in [1.165, 1.54) is 6.07 Å². The summed E-state index contributed by atoms with van der Waals surface area (Å²) in [5, 5.41) is 12.5. The maximum atomic E-state index is 14.6. The number of H-pyrrole nitrogens is 2. The van der Waals surface area contributed by atoms with E-state index in [1.54, 1.807) is 24.5 Å². The number of hydrogen-bond donors (Lipinski definition) is 3. The number of aromatic amines is 2. The van der Waals surface area contributed by atoms with Crippen molar-refractivity contribution in [1.29, 1.82) is 0 Å². The van der Waals surface area contributed by atoms with Gasteiger partial charge in [0, 0.05) is 40.0 Å². The minimum Gasteiger partial charge on any atom is -0.353 e. The number of carbonyl (C=O) groups is 1. The Balaban J connectivity index is 1.39. The Morgan fingerprint density at radius 3 is 2.58 bits per heavy atom. The van der Waals surface area contributed by atoms with Gasteiger partial charge in [0.2, 0.25) is 5.91 Å². The highest BCUT2D eigenvalue weighted by molar-refractivity contribution is 6.02. The van der Waals surface area contributed by atoms with Crippen LogP contribution in [0.15, 0.2) is 85.2 Å². The van der Waals surface area contributed by atoms with Gasteiger partial charge in [-0.1, -0.05) is 50.2 Å². The van der Waals surface area contributed by atoms with Crippen molar-refractivity contribution >= 4 is 33.4 Å². The molecular weight excluding hydrogens is 477 g/mol. The van der Waals surface area contributed by atoms with Gasteiger partial charge in [-0.15, -0.1) is 0 Å². The lowest BCUT2D eigenvalue weighted by molar-refractivity contribution is -0.116. The lowest BCUT2D eigenvalue weighted by atomic mass is 10.0. The maximum Gasteiger partial charge on any atom is 0.224 e. The maximum absolute atomic E-state index is 14.6. The van der Waals surface area contributed by atoms with Crippen molar-refractivity contribution in [3.05, 3.63) is 91.0 Å². The van der Waals surface area contributed by atoms with Crippen molar-refractivity contribution < 1.29 is 9.18 Å². The SMILES string of the molecule is CC(C)CC(=O)Nc1cncc(-c2ccc3[nH]nc(-c4cc5c(-c6ccccc6F)cccc5[nH]4)c3c2)c1. The molecule has 0 unspecified atom stereocenters. The molecule has 6 nitrogen and oxygen atoms in total. The first-order valence-electron chi connectivity index (χ1n) is 12.6. The molecule has 188 valence electrons. The molecule has 1 amide bonds. The van der Waals surface area contributed by atoms with Crippen molar-refractivity contribution in [1.82, 2.24) is 20.2 Å². The Morgan fingerprint density at radius 1 is 0.895 bits per heavy atom. The second-order valence-electron chi connectivity index (χ2n) is 9.87. The number of benzene rings is 3. The molecule has 0 atom stereocenters. The van der Waals surface area contributed by atoms with Crippen LogP contribution >= 0.6 is 0 Å². The number of nitrogens with zero attached hydrogens (tertiary/aromatic N) is 2. The van der Waals surface area contributed by atoms with E-state index in [0.717, 1.165) is 49.9 Å². The standard InChI is InChI=1S/C31H26FN5O/c1-18(2)12-30(38)34-21-13-20(16-33-17-21)19-10-11-28-25(14-19)31(37-36-28)29-15-24-22(7-5-9-27(24)35-29)23-6-3-4-8-26(23)32/h3-11,13-18,35H,12H2,1-2H3,(H,34,38)(H,36,37). The summed E-state index contributed by atoms with van der Waals surface area (Å²) in [5.41, 5.74) is 7.30. The average Bonchev–Trinajstić information content (AvgIpc) is 3.52. The molecule has 3 heterocycles. The van der Waals surface area contributed by atoms with Gasteiger partial charge in [-0.3, -0.25) is 14.9 Å². The minimum absolute atomic E-state index is 0.0277. The van der Waals surface area contributed by atoms with Gasteiger partial charge in [0.05, 0.1) is 23.1 Å². The van der Waals surface area contributed by atoms with E-state index in [-0.39, 0.29) is 17.6 Å². The molecule has 0 aliphatic heterocycles. The summed E-state index contributed by atoms with van der Waals surface area (Å²) >= 11 is 0. The van der Waals surface area contributed by atoms with E-state index in [1.807, 2.05) is 62.4 Å². The van der Waals surface area contributed by atoms with E-state index in [0.29, 0.717) is 17.7 Å². The van der Waals surface area contributed by atoms with E-state index < -0.39 is 0 Å². The molecule has 3 N–H and O–H groups in total. The Kier molecular flexibility index (Phi) is 5.96. The molecule has 6 aromatic rings. The molecule has 0 radical (unpaired) electrons. The third kappa shape index (κ3) is 4.43. The second-order valence-corrected chi connectivity index (χ2v) is 9.87. The Morgan fingerprint density at radius 2 is 1.74 bits per heavy atom. The van der Waals surface area contributed by atoms with Crippen LogP contribution in [0.25, 0.3) is 55.4 Å². The zero-order valence-electron chi connectivity index (χ0n) is 21.0. The van der Waals surface area contributed by atoms with Crippen molar-refractivity contribution in [3.63, 3.8) is 0 Å². The smallest absolute Gasteiger partial charge is 0.224 e. The predicted octanol–water partition coefficient (Wildman–Crippen LogP) is 7.56. The zero-order valence-corrected chi connectivity index (χ0v) is 21.0. The lowest BCUT2D eigenvalue weighted by Gasteiger charge is -2.09. The third-order valence-electron chi connectivity index (χ3n) is 6.60. The number of hydrogen-bond acceptors (Lipinski definition) is 3. The zero-order chi connectivity index (χ0) is 26.2. The summed E-state index contributed by atoms with van der Waals surface area (Å²) in [6.07, 6.45) is 3.89. The molecule has 0 bridgehead atoms. The summed E-state index contributed by atoms with van der Waals surface area (Å²) in [5.74, 6) is -0.00516. The molecule has 0 saturated carbocycles. The van der Waals surface area contributed by atoms with Crippen molar-refractivity contribution in [2.75, 3.05) is 5.32 Å². The van der Waals surface area contributed by atoms with Gasteiger partial charge >= 0.3 is 0 Å². The first kappa shape index (κ1) is 23.6. The van der Waals surface area contributed by atoms with E-state index in [9.17, 15) is 9.18 Å². The minimum atomic E-state index is -0.256. The van der Waals surface area contributed by atoms with Crippen LogP contribution in [0.2, 0.25) is 0 Å². The van der Waals surface area contributed by atoms with Crippen LogP contribution in [0.1, 0.15) is 20.3 Å². The number of carbonyl (C=O) groups excluding carboxylic acids is 1. The number of nitrogens with one attached hydrogen (secondary N) is 3. The second kappa shape index (κ2) is 9.59. The summed E-state index contributed by atoms with van der Waals surface area (Å²) in [6.45, 7) is 4.03. The first-order valence-corrected chi connectivity index (χ1v) is 12.6. The molecule has 3 aromatic carbocycles. The average molecular weight is 504 g/mol. The number of pyridine rings is 1. The quantitative estimate of drug-likeness (QED) is 0.219. The molecule has 3 aromatic heterocycles. The fourth-order valence-electron chi connectivity index (χ4n) is 4.85. The summed E-state index contributed by atoms with van der Waals surface area (Å²) in [4.78, 5) is 20.0. The van der Waals surface area contributed by atoms with Gasteiger partial charge in [0.15, 0.2) is 0 Å². The molecule has 7 heteroatoms. The Hall–Kier alpha value is -4.78. The van der Waals surface area contributed by atoms with Crippen LogP contribution in [0.5, 0.6) is 0 Å². The van der Waals surface area contributed by atoms with Crippen LogP contribution in [0.4, 0.5) is 10.1 Å². The van der Waals surface area contributed by atoms with Gasteiger partial charge in [0.25, 0.3) is 0 Å². The number of anilines is 1. The normalized spacial score (nSPS) is 11.5. The number of fused-ring (bicyclic) bond motifs is 2. The van der Waals surface area contributed by atoms with E-state index in [4.69, 9.17) is 0 Å². The molecule has 6 rings (SSSR count). The topological polar surface area (TPSA) is 86.5 Å². The lowest BCUT2D eigenvalue weighted by Crippen LogP contribution is -2.13. The van der Waals surface area contributed by atoms with Crippen LogP contribution in [-0.4, -0.2) is 26.1 Å².